The molecule has 0 fully saturated rings. The molecule has 0 aliphatic rings. The third-order valence-electron chi connectivity index (χ3n) is 0.625. The number of hydrogen-bond donors (Lipinski definition) is 0. The van der Waals surface area contributed by atoms with Gasteiger partial charge in [0.1, 0.15) is 0 Å². The molecule has 0 N–H and O–H groups in total. The van der Waals surface area contributed by atoms with Gasteiger partial charge in [0.25, 0.3) is 0 Å². The molecule has 8 heavy (non-hydrogen) atoms. The Morgan fingerprint density at radius 1 is 1.62 bits per heavy atom. The summed E-state index contributed by atoms with van der Waals surface area (Å²) in [4.78, 5) is 3.75. The molecule has 0 amide bonds. The molecule has 38 valence electrons. The molecule has 1 aromatic rings. The van der Waals surface area contributed by atoms with Gasteiger partial charge in [-0.3, -0.25) is 4.98 Å². The first-order chi connectivity index (χ1) is 3.39. The van der Waals surface area contributed by atoms with E-state index in [4.69, 9.17) is 11.6 Å². The molecule has 0 spiro atoms. The number of pyridine rings is 1. The molecule has 1 nitrogen and oxygen atoms in total. The van der Waals surface area contributed by atoms with Crippen LogP contribution in [0.2, 0.25) is 5.02 Å². The SMILES string of the molecule is Clc1cccnc1.[H-].[Na+]. The van der Waals surface area contributed by atoms with E-state index in [9.17, 15) is 0 Å². The molecular formula is C5H5ClNNa. The van der Waals surface area contributed by atoms with Gasteiger partial charge in [0.05, 0.1) is 5.02 Å². The molecule has 0 aliphatic carbocycles. The molecule has 0 radical (unpaired) electrons. The number of nitrogens with zero attached hydrogens (tertiary/aromatic N) is 1. The van der Waals surface area contributed by atoms with Gasteiger partial charge in [-0.25, -0.2) is 0 Å². The Balaban J connectivity index is 0. The second-order valence-corrected chi connectivity index (χ2v) is 1.61. The Hall–Kier alpha value is 0.440. The van der Waals surface area contributed by atoms with Crippen LogP contribution in [0.25, 0.3) is 0 Å². The van der Waals surface area contributed by atoms with Crippen LogP contribution < -0.4 is 29.6 Å². The Labute approximate surface area is 76.9 Å². The molecule has 0 unspecified atom stereocenters. The van der Waals surface area contributed by atoms with Crippen molar-refractivity contribution in [2.45, 2.75) is 0 Å². The average Bonchev–Trinajstić information content (AvgIpc) is 1.69. The number of hydrogen-bond acceptors (Lipinski definition) is 1. The molecule has 1 aromatic heterocycles. The van der Waals surface area contributed by atoms with E-state index in [0.29, 0.717) is 5.02 Å². The zero-order chi connectivity index (χ0) is 5.11. The van der Waals surface area contributed by atoms with Crippen molar-refractivity contribution in [2.75, 3.05) is 0 Å². The standard InChI is InChI=1S/C5H4ClN.Na.H/c6-5-2-1-3-7-4-5;;/h1-4H;;/q;+1;-1. The van der Waals surface area contributed by atoms with E-state index < -0.39 is 0 Å². The summed E-state index contributed by atoms with van der Waals surface area (Å²) in [6, 6.07) is 3.58. The van der Waals surface area contributed by atoms with Crippen LogP contribution in [-0.4, -0.2) is 4.98 Å². The molecule has 1 rings (SSSR count). The fraction of sp³-hybridized carbons (Fsp3) is 0. The zero-order valence-electron chi connectivity index (χ0n) is 5.63. The van der Waals surface area contributed by atoms with Crippen LogP contribution in [0.1, 0.15) is 1.43 Å². The summed E-state index contributed by atoms with van der Waals surface area (Å²) in [5, 5.41) is 0.683. The molecular weight excluding hydrogens is 133 g/mol. The van der Waals surface area contributed by atoms with Gasteiger partial charge in [-0.1, -0.05) is 11.6 Å². The maximum Gasteiger partial charge on any atom is 1.00 e. The minimum Gasteiger partial charge on any atom is -1.00 e. The van der Waals surface area contributed by atoms with Gasteiger partial charge in [-0.15, -0.1) is 0 Å². The molecule has 0 saturated carbocycles. The normalized spacial score (nSPS) is 7.62. The van der Waals surface area contributed by atoms with E-state index in [1.54, 1.807) is 24.5 Å². The van der Waals surface area contributed by atoms with Crippen molar-refractivity contribution in [3.8, 4) is 0 Å². The summed E-state index contributed by atoms with van der Waals surface area (Å²) < 4.78 is 0. The first kappa shape index (κ1) is 8.44. The van der Waals surface area contributed by atoms with Crippen LogP contribution >= 0.6 is 11.6 Å². The van der Waals surface area contributed by atoms with Gasteiger partial charge in [0.15, 0.2) is 0 Å². The number of aromatic nitrogens is 1. The number of rotatable bonds is 0. The van der Waals surface area contributed by atoms with Crippen molar-refractivity contribution < 1.29 is 31.0 Å². The van der Waals surface area contributed by atoms with Crippen molar-refractivity contribution in [1.82, 2.24) is 4.98 Å². The molecule has 0 saturated heterocycles. The molecule has 0 aliphatic heterocycles. The van der Waals surface area contributed by atoms with Crippen LogP contribution in [-0.2, 0) is 0 Å². The summed E-state index contributed by atoms with van der Waals surface area (Å²) in [5.41, 5.74) is 0. The molecule has 0 atom stereocenters. The van der Waals surface area contributed by atoms with Gasteiger partial charge in [-0.05, 0) is 12.1 Å². The van der Waals surface area contributed by atoms with E-state index in [0.717, 1.165) is 0 Å². The van der Waals surface area contributed by atoms with Crippen LogP contribution in [0.3, 0.4) is 0 Å². The quantitative estimate of drug-likeness (QED) is 0.412. The molecule has 0 bridgehead atoms. The Morgan fingerprint density at radius 2 is 2.38 bits per heavy atom. The van der Waals surface area contributed by atoms with Crippen molar-refractivity contribution >= 4 is 11.6 Å². The van der Waals surface area contributed by atoms with Crippen LogP contribution in [0, 0.1) is 0 Å². The second kappa shape index (κ2) is 4.33. The minimum atomic E-state index is 0. The van der Waals surface area contributed by atoms with Gasteiger partial charge in [0, 0.05) is 12.4 Å². The summed E-state index contributed by atoms with van der Waals surface area (Å²) >= 11 is 5.48. The summed E-state index contributed by atoms with van der Waals surface area (Å²) in [6.45, 7) is 0. The predicted molar refractivity (Wildman–Crippen MR) is 30.4 cm³/mol. The molecule has 3 heteroatoms. The van der Waals surface area contributed by atoms with Crippen LogP contribution in [0.4, 0.5) is 0 Å². The van der Waals surface area contributed by atoms with Crippen molar-refractivity contribution in [3.63, 3.8) is 0 Å². The maximum atomic E-state index is 5.48. The topological polar surface area (TPSA) is 12.9 Å². The van der Waals surface area contributed by atoms with Crippen molar-refractivity contribution in [2.24, 2.45) is 0 Å². The van der Waals surface area contributed by atoms with Crippen LogP contribution in [0.15, 0.2) is 24.5 Å². The predicted octanol–water partition coefficient (Wildman–Crippen LogP) is -1.15. The fourth-order valence-electron chi connectivity index (χ4n) is 0.342. The second-order valence-electron chi connectivity index (χ2n) is 1.17. The third kappa shape index (κ3) is 2.68. The van der Waals surface area contributed by atoms with Gasteiger partial charge < -0.3 is 1.43 Å². The van der Waals surface area contributed by atoms with Crippen LogP contribution in [0.5, 0.6) is 0 Å². The van der Waals surface area contributed by atoms with E-state index in [2.05, 4.69) is 4.98 Å². The number of halogens is 1. The van der Waals surface area contributed by atoms with E-state index in [1.807, 2.05) is 0 Å². The molecule has 0 aromatic carbocycles. The zero-order valence-corrected chi connectivity index (χ0v) is 7.39. The fourth-order valence-corrected chi connectivity index (χ4v) is 0.471. The third-order valence-corrected chi connectivity index (χ3v) is 0.849. The Morgan fingerprint density at radius 3 is 2.62 bits per heavy atom. The first-order valence-electron chi connectivity index (χ1n) is 1.95. The van der Waals surface area contributed by atoms with Crippen molar-refractivity contribution in [1.29, 1.82) is 0 Å². The van der Waals surface area contributed by atoms with Gasteiger partial charge >= 0.3 is 29.6 Å². The Bertz CT molecular complexity index is 147. The summed E-state index contributed by atoms with van der Waals surface area (Å²) in [5.74, 6) is 0. The summed E-state index contributed by atoms with van der Waals surface area (Å²) in [6.07, 6.45) is 3.29. The van der Waals surface area contributed by atoms with E-state index >= 15 is 0 Å². The van der Waals surface area contributed by atoms with E-state index in [-0.39, 0.29) is 31.0 Å². The monoisotopic (exact) mass is 137 g/mol. The largest absolute Gasteiger partial charge is 1.00 e. The minimum absolute atomic E-state index is 0. The first-order valence-corrected chi connectivity index (χ1v) is 2.33. The average molecular weight is 138 g/mol. The van der Waals surface area contributed by atoms with E-state index in [1.165, 1.54) is 0 Å². The van der Waals surface area contributed by atoms with Gasteiger partial charge in [0.2, 0.25) is 0 Å². The van der Waals surface area contributed by atoms with Gasteiger partial charge in [-0.2, -0.15) is 0 Å². The van der Waals surface area contributed by atoms with Crippen molar-refractivity contribution in [3.05, 3.63) is 29.5 Å². The Kier molecular flexibility index (Phi) is 4.57. The molecule has 1 heterocycles. The maximum absolute atomic E-state index is 5.48. The smallest absolute Gasteiger partial charge is 1.00 e. The summed E-state index contributed by atoms with van der Waals surface area (Å²) in [7, 11) is 0.